The first-order chi connectivity index (χ1) is 15.4. The molecule has 2 N–H and O–H groups in total. The van der Waals surface area contributed by atoms with E-state index in [1.807, 2.05) is 6.07 Å². The first-order valence-electron chi connectivity index (χ1n) is 10.2. The Morgan fingerprint density at radius 2 is 2.06 bits per heavy atom. The number of carbonyl (C=O) groups excluding carboxylic acids is 2. The number of methoxy groups -OCH3 is 2. The molecular weight excluding hydrogens is 436 g/mol. The van der Waals surface area contributed by atoms with Crippen molar-refractivity contribution in [1.82, 2.24) is 20.1 Å². The van der Waals surface area contributed by atoms with Crippen LogP contribution in [0.2, 0.25) is 5.02 Å². The molecule has 2 aliphatic rings. The van der Waals surface area contributed by atoms with Crippen molar-refractivity contribution >= 4 is 29.2 Å². The van der Waals surface area contributed by atoms with Crippen LogP contribution in [0.5, 0.6) is 0 Å². The average molecular weight is 459 g/mol. The summed E-state index contributed by atoms with van der Waals surface area (Å²) in [6.45, 7) is 0.367. The van der Waals surface area contributed by atoms with Crippen LogP contribution in [-0.4, -0.2) is 47.0 Å². The van der Waals surface area contributed by atoms with Gasteiger partial charge in [0.05, 0.1) is 29.5 Å². The molecule has 1 atom stereocenters. The number of nitrogens with zero attached hydrogens (tertiary/aromatic N) is 2. The standard InChI is InChI=1S/C22H23ClN4O5/c1-31-18-10-14(6-7-15(18)21(29)32-2)27-22(30)25-19(26-27)16-9-12(3-8-17(16)23)11-24-20(28)13-4-5-13/h3,6-9,13,18H,4-5,10-11H2,1-2H3,(H,24,28)(H,25,26,30). The lowest BCUT2D eigenvalue weighted by Crippen LogP contribution is -2.27. The van der Waals surface area contributed by atoms with E-state index in [4.69, 9.17) is 21.1 Å². The van der Waals surface area contributed by atoms with Gasteiger partial charge in [-0.05, 0) is 42.7 Å². The SMILES string of the molecule is COC(=O)C1=CC=C(n2nc(-c3cc(CNC(=O)C4CC4)ccc3Cl)[nH]c2=O)CC1OC. The van der Waals surface area contributed by atoms with Crippen molar-refractivity contribution in [2.75, 3.05) is 14.2 Å². The van der Waals surface area contributed by atoms with Crippen LogP contribution >= 0.6 is 11.6 Å². The maximum absolute atomic E-state index is 12.6. The Balaban J connectivity index is 1.60. The number of hydrogen-bond donors (Lipinski definition) is 2. The Morgan fingerprint density at radius 3 is 2.75 bits per heavy atom. The van der Waals surface area contributed by atoms with Crippen LogP contribution in [0.1, 0.15) is 24.8 Å². The van der Waals surface area contributed by atoms with Crippen LogP contribution in [0.4, 0.5) is 0 Å². The summed E-state index contributed by atoms with van der Waals surface area (Å²) >= 11 is 6.36. The third-order valence-corrected chi connectivity index (χ3v) is 5.82. The summed E-state index contributed by atoms with van der Waals surface area (Å²) in [7, 11) is 2.78. The van der Waals surface area contributed by atoms with Gasteiger partial charge in [-0.3, -0.25) is 9.78 Å². The molecule has 10 heteroatoms. The molecule has 168 valence electrons. The third kappa shape index (κ3) is 4.53. The number of nitrogens with one attached hydrogen (secondary N) is 2. The molecule has 4 rings (SSSR count). The fraction of sp³-hybridized carbons (Fsp3) is 0.364. The first kappa shape index (κ1) is 22.0. The lowest BCUT2D eigenvalue weighted by Gasteiger charge is -2.21. The van der Waals surface area contributed by atoms with E-state index in [0.29, 0.717) is 34.2 Å². The van der Waals surface area contributed by atoms with Gasteiger partial charge in [-0.15, -0.1) is 5.10 Å². The second-order valence-electron chi connectivity index (χ2n) is 7.70. The van der Waals surface area contributed by atoms with E-state index in [1.54, 1.807) is 24.3 Å². The van der Waals surface area contributed by atoms with E-state index in [1.165, 1.54) is 18.9 Å². The minimum Gasteiger partial charge on any atom is -0.466 e. The molecule has 0 bridgehead atoms. The van der Waals surface area contributed by atoms with Gasteiger partial charge in [0, 0.05) is 31.6 Å². The van der Waals surface area contributed by atoms with Gasteiger partial charge in [-0.25, -0.2) is 9.59 Å². The minimum atomic E-state index is -0.559. The number of benzene rings is 1. The molecule has 2 aromatic rings. The maximum Gasteiger partial charge on any atom is 0.348 e. The molecule has 0 saturated heterocycles. The van der Waals surface area contributed by atoms with Crippen LogP contribution in [0.15, 0.2) is 40.7 Å². The van der Waals surface area contributed by atoms with Gasteiger partial charge in [0.2, 0.25) is 5.91 Å². The highest BCUT2D eigenvalue weighted by molar-refractivity contribution is 6.33. The van der Waals surface area contributed by atoms with Crippen LogP contribution in [-0.2, 0) is 25.6 Å². The monoisotopic (exact) mass is 458 g/mol. The van der Waals surface area contributed by atoms with Gasteiger partial charge < -0.3 is 14.8 Å². The summed E-state index contributed by atoms with van der Waals surface area (Å²) in [4.78, 5) is 39.2. The second-order valence-corrected chi connectivity index (χ2v) is 8.10. The number of esters is 1. The molecule has 1 fully saturated rings. The second kappa shape index (κ2) is 9.13. The molecule has 1 aromatic heterocycles. The first-order valence-corrected chi connectivity index (χ1v) is 10.6. The Hall–Kier alpha value is -3.17. The lowest BCUT2D eigenvalue weighted by molar-refractivity contribution is -0.137. The fourth-order valence-electron chi connectivity index (χ4n) is 3.53. The van der Waals surface area contributed by atoms with Gasteiger partial charge in [0.1, 0.15) is 0 Å². The number of allylic oxidation sites excluding steroid dienone is 2. The fourth-order valence-corrected chi connectivity index (χ4v) is 3.74. The molecule has 1 unspecified atom stereocenters. The molecule has 32 heavy (non-hydrogen) atoms. The summed E-state index contributed by atoms with van der Waals surface area (Å²) in [5.41, 5.74) is 1.87. The Bertz CT molecular complexity index is 1180. The highest BCUT2D eigenvalue weighted by Gasteiger charge is 2.29. The van der Waals surface area contributed by atoms with E-state index < -0.39 is 17.8 Å². The zero-order chi connectivity index (χ0) is 22.8. The topological polar surface area (TPSA) is 115 Å². The van der Waals surface area contributed by atoms with E-state index >= 15 is 0 Å². The quantitative estimate of drug-likeness (QED) is 0.615. The van der Waals surface area contributed by atoms with Gasteiger partial charge in [0.25, 0.3) is 0 Å². The summed E-state index contributed by atoms with van der Waals surface area (Å²) < 4.78 is 11.4. The molecule has 1 heterocycles. The van der Waals surface area contributed by atoms with Gasteiger partial charge in [-0.1, -0.05) is 17.7 Å². The van der Waals surface area contributed by atoms with Crippen molar-refractivity contribution in [3.63, 3.8) is 0 Å². The summed E-state index contributed by atoms with van der Waals surface area (Å²) in [5.74, 6) is -0.00895. The van der Waals surface area contributed by atoms with Crippen LogP contribution in [0, 0.1) is 5.92 Å². The number of aromatic amines is 1. The molecule has 1 aromatic carbocycles. The van der Waals surface area contributed by atoms with Gasteiger partial charge in [0.15, 0.2) is 5.82 Å². The van der Waals surface area contributed by atoms with E-state index in [9.17, 15) is 14.4 Å². The van der Waals surface area contributed by atoms with Crippen molar-refractivity contribution in [2.45, 2.75) is 31.9 Å². The van der Waals surface area contributed by atoms with Crippen molar-refractivity contribution in [3.8, 4) is 11.4 Å². The van der Waals surface area contributed by atoms with E-state index in [0.717, 1.165) is 18.4 Å². The number of rotatable bonds is 7. The predicted octanol–water partition coefficient (Wildman–Crippen LogP) is 2.28. The highest BCUT2D eigenvalue weighted by Crippen LogP contribution is 2.30. The number of carbonyl (C=O) groups is 2. The zero-order valence-corrected chi connectivity index (χ0v) is 18.4. The van der Waals surface area contributed by atoms with Crippen LogP contribution in [0.3, 0.4) is 0 Å². The summed E-state index contributed by atoms with van der Waals surface area (Å²) in [6.07, 6.45) is 4.78. The average Bonchev–Trinajstić information content (AvgIpc) is 3.59. The van der Waals surface area contributed by atoms with Gasteiger partial charge >= 0.3 is 11.7 Å². The molecule has 0 radical (unpaired) electrons. The highest BCUT2D eigenvalue weighted by atomic mass is 35.5. The molecule has 0 spiro atoms. The number of ether oxygens (including phenoxy) is 2. The Labute approximate surface area is 189 Å². The molecule has 2 aliphatic carbocycles. The summed E-state index contributed by atoms with van der Waals surface area (Å²) in [6, 6.07) is 5.32. The number of amides is 1. The normalized spacial score (nSPS) is 18.0. The number of aromatic nitrogens is 3. The maximum atomic E-state index is 12.6. The third-order valence-electron chi connectivity index (χ3n) is 5.49. The largest absolute Gasteiger partial charge is 0.466 e. The summed E-state index contributed by atoms with van der Waals surface area (Å²) in [5, 5.41) is 7.74. The Kier molecular flexibility index (Phi) is 6.29. The van der Waals surface area contributed by atoms with Crippen molar-refractivity contribution < 1.29 is 19.1 Å². The van der Waals surface area contributed by atoms with E-state index in [2.05, 4.69) is 15.4 Å². The minimum absolute atomic E-state index is 0.0514. The van der Waals surface area contributed by atoms with E-state index in [-0.39, 0.29) is 18.2 Å². The van der Waals surface area contributed by atoms with Gasteiger partial charge in [-0.2, -0.15) is 4.68 Å². The lowest BCUT2D eigenvalue weighted by atomic mass is 9.99. The smallest absolute Gasteiger partial charge is 0.348 e. The number of hydrogen-bond acceptors (Lipinski definition) is 6. The zero-order valence-electron chi connectivity index (χ0n) is 17.7. The molecular formula is C22H23ClN4O5. The predicted molar refractivity (Wildman–Crippen MR) is 118 cm³/mol. The Morgan fingerprint density at radius 1 is 1.28 bits per heavy atom. The molecule has 1 saturated carbocycles. The number of H-pyrrole nitrogens is 1. The molecule has 9 nitrogen and oxygen atoms in total. The molecule has 1 amide bonds. The van der Waals surface area contributed by atoms with Crippen LogP contribution < -0.4 is 11.0 Å². The van der Waals surface area contributed by atoms with Crippen molar-refractivity contribution in [2.24, 2.45) is 5.92 Å². The van der Waals surface area contributed by atoms with Crippen molar-refractivity contribution in [3.05, 3.63) is 57.0 Å². The van der Waals surface area contributed by atoms with Crippen molar-refractivity contribution in [1.29, 1.82) is 0 Å². The van der Waals surface area contributed by atoms with Crippen LogP contribution in [0.25, 0.3) is 17.1 Å². The molecule has 0 aliphatic heterocycles. The number of halogens is 1.